The number of anilines is 3. The summed E-state index contributed by atoms with van der Waals surface area (Å²) in [6, 6.07) is 22.3. The van der Waals surface area contributed by atoms with E-state index in [9.17, 15) is 9.59 Å². The third kappa shape index (κ3) is 8.15. The zero-order chi connectivity index (χ0) is 30.2. The Morgan fingerprint density at radius 3 is 2.05 bits per heavy atom. The van der Waals surface area contributed by atoms with Crippen LogP contribution in [-0.2, 0) is 6.42 Å². The SMILES string of the molecule is CC(C)CNC(=O)c1cc(NC(=O)Nc2c(C(C)C)cccc2C(C)C)ccc1N1CCC(Cc2ccccc2)CC1. The van der Waals surface area contributed by atoms with Crippen LogP contribution >= 0.6 is 0 Å². The summed E-state index contributed by atoms with van der Waals surface area (Å²) in [5.41, 5.74) is 6.58. The zero-order valence-electron chi connectivity index (χ0n) is 26.2. The predicted octanol–water partition coefficient (Wildman–Crippen LogP) is 8.42. The highest BCUT2D eigenvalue weighted by Crippen LogP contribution is 2.33. The Morgan fingerprint density at radius 2 is 1.45 bits per heavy atom. The van der Waals surface area contributed by atoms with Gasteiger partial charge in [0.05, 0.1) is 5.56 Å². The smallest absolute Gasteiger partial charge is 0.323 e. The quantitative estimate of drug-likeness (QED) is 0.230. The van der Waals surface area contributed by atoms with E-state index in [0.29, 0.717) is 29.6 Å². The van der Waals surface area contributed by atoms with Crippen molar-refractivity contribution in [3.8, 4) is 0 Å². The second-order valence-electron chi connectivity index (χ2n) is 12.7. The van der Waals surface area contributed by atoms with E-state index in [1.807, 2.05) is 18.2 Å². The molecule has 1 aliphatic heterocycles. The maximum Gasteiger partial charge on any atom is 0.323 e. The number of amides is 3. The van der Waals surface area contributed by atoms with Crippen molar-refractivity contribution < 1.29 is 9.59 Å². The summed E-state index contributed by atoms with van der Waals surface area (Å²) in [5.74, 6) is 1.41. The van der Waals surface area contributed by atoms with Crippen LogP contribution in [0.3, 0.4) is 0 Å². The van der Waals surface area contributed by atoms with E-state index in [-0.39, 0.29) is 23.8 Å². The summed E-state index contributed by atoms with van der Waals surface area (Å²) < 4.78 is 0. The molecule has 0 bridgehead atoms. The fourth-order valence-electron chi connectivity index (χ4n) is 5.76. The number of urea groups is 1. The molecule has 0 unspecified atom stereocenters. The van der Waals surface area contributed by atoms with Gasteiger partial charge >= 0.3 is 6.03 Å². The average molecular weight is 569 g/mol. The molecule has 4 rings (SSSR count). The lowest BCUT2D eigenvalue weighted by Gasteiger charge is -2.35. The first-order valence-corrected chi connectivity index (χ1v) is 15.5. The number of benzene rings is 3. The molecule has 1 fully saturated rings. The predicted molar refractivity (Wildman–Crippen MR) is 176 cm³/mol. The van der Waals surface area contributed by atoms with Crippen LogP contribution in [0.15, 0.2) is 66.7 Å². The molecule has 1 saturated heterocycles. The molecule has 0 radical (unpaired) electrons. The lowest BCUT2D eigenvalue weighted by molar-refractivity contribution is 0.0949. The second-order valence-corrected chi connectivity index (χ2v) is 12.7. The van der Waals surface area contributed by atoms with Gasteiger partial charge in [0.1, 0.15) is 0 Å². The van der Waals surface area contributed by atoms with Gasteiger partial charge in [0.25, 0.3) is 5.91 Å². The number of nitrogens with zero attached hydrogens (tertiary/aromatic N) is 1. The summed E-state index contributed by atoms with van der Waals surface area (Å²) in [6.07, 6.45) is 3.25. The van der Waals surface area contributed by atoms with Gasteiger partial charge in [0, 0.05) is 36.7 Å². The molecule has 224 valence electrons. The summed E-state index contributed by atoms with van der Waals surface area (Å²) in [5, 5.41) is 9.21. The van der Waals surface area contributed by atoms with Gasteiger partial charge < -0.3 is 20.9 Å². The molecule has 0 aromatic heterocycles. The van der Waals surface area contributed by atoms with Gasteiger partial charge in [-0.15, -0.1) is 0 Å². The van der Waals surface area contributed by atoms with Crippen molar-refractivity contribution in [3.63, 3.8) is 0 Å². The fourth-order valence-corrected chi connectivity index (χ4v) is 5.76. The molecule has 3 N–H and O–H groups in total. The standard InChI is InChI=1S/C36H48N4O2/c1-24(2)23-37-35(41)32-22-29(38-36(42)39-34-30(25(3)4)13-10-14-31(34)26(5)6)15-16-33(32)40-19-17-28(18-20-40)21-27-11-8-7-9-12-27/h7-16,22,24-26,28H,17-21,23H2,1-6H3,(H,37,41)(H2,38,39,42). The number of nitrogens with one attached hydrogen (secondary N) is 3. The molecule has 0 aliphatic carbocycles. The Hall–Kier alpha value is -3.80. The van der Waals surface area contributed by atoms with E-state index in [2.05, 4.69) is 111 Å². The van der Waals surface area contributed by atoms with Crippen LogP contribution in [0.2, 0.25) is 0 Å². The molecule has 0 atom stereocenters. The molecule has 42 heavy (non-hydrogen) atoms. The lowest BCUT2D eigenvalue weighted by Crippen LogP contribution is -2.36. The number of para-hydroxylation sites is 1. The molecule has 6 nitrogen and oxygen atoms in total. The van der Waals surface area contributed by atoms with Gasteiger partial charge in [-0.1, -0.05) is 90.1 Å². The minimum absolute atomic E-state index is 0.110. The largest absolute Gasteiger partial charge is 0.371 e. The van der Waals surface area contributed by atoms with E-state index in [1.165, 1.54) is 5.56 Å². The first-order valence-electron chi connectivity index (χ1n) is 15.5. The molecular weight excluding hydrogens is 520 g/mol. The minimum atomic E-state index is -0.312. The van der Waals surface area contributed by atoms with Gasteiger partial charge in [-0.3, -0.25) is 4.79 Å². The van der Waals surface area contributed by atoms with Crippen molar-refractivity contribution in [1.82, 2.24) is 5.32 Å². The first kappa shape index (κ1) is 31.1. The summed E-state index contributed by atoms with van der Waals surface area (Å²) >= 11 is 0. The van der Waals surface area contributed by atoms with Crippen LogP contribution < -0.4 is 20.9 Å². The van der Waals surface area contributed by atoms with Crippen molar-refractivity contribution in [3.05, 3.63) is 89.0 Å². The molecule has 0 saturated carbocycles. The Balaban J connectivity index is 1.52. The van der Waals surface area contributed by atoms with E-state index >= 15 is 0 Å². The number of carbonyl (C=O) groups excluding carboxylic acids is 2. The highest BCUT2D eigenvalue weighted by atomic mass is 16.2. The minimum Gasteiger partial charge on any atom is -0.371 e. The first-order chi connectivity index (χ1) is 20.1. The van der Waals surface area contributed by atoms with Crippen LogP contribution in [-0.4, -0.2) is 31.6 Å². The highest BCUT2D eigenvalue weighted by Gasteiger charge is 2.24. The van der Waals surface area contributed by atoms with Crippen LogP contribution in [0.4, 0.5) is 21.9 Å². The molecule has 1 aliphatic rings. The second kappa shape index (κ2) is 14.4. The van der Waals surface area contributed by atoms with Gasteiger partial charge in [0.15, 0.2) is 0 Å². The number of carbonyl (C=O) groups is 2. The van der Waals surface area contributed by atoms with Gasteiger partial charge in [0.2, 0.25) is 0 Å². The van der Waals surface area contributed by atoms with Crippen molar-refractivity contribution >= 4 is 29.0 Å². The van der Waals surface area contributed by atoms with E-state index in [0.717, 1.165) is 54.9 Å². The van der Waals surface area contributed by atoms with Gasteiger partial charge in [-0.2, -0.15) is 0 Å². The molecular formula is C36H48N4O2. The Morgan fingerprint density at radius 1 is 0.810 bits per heavy atom. The van der Waals surface area contributed by atoms with Gasteiger partial charge in [-0.05, 0) is 77.8 Å². The van der Waals surface area contributed by atoms with Crippen LogP contribution in [0, 0.1) is 11.8 Å². The summed E-state index contributed by atoms with van der Waals surface area (Å²) in [4.78, 5) is 29.0. The number of piperidine rings is 1. The highest BCUT2D eigenvalue weighted by molar-refractivity contribution is 6.04. The molecule has 3 aromatic rings. The Kier molecular flexibility index (Phi) is 10.7. The molecule has 3 amide bonds. The topological polar surface area (TPSA) is 73.5 Å². The molecule has 0 spiro atoms. The third-order valence-corrected chi connectivity index (χ3v) is 8.10. The van der Waals surface area contributed by atoms with E-state index in [1.54, 1.807) is 0 Å². The molecule has 6 heteroatoms. The van der Waals surface area contributed by atoms with Gasteiger partial charge in [-0.25, -0.2) is 4.79 Å². The lowest BCUT2D eigenvalue weighted by atomic mass is 9.89. The van der Waals surface area contributed by atoms with Crippen LogP contribution in [0.1, 0.15) is 93.3 Å². The fraction of sp³-hybridized carbons (Fsp3) is 0.444. The van der Waals surface area contributed by atoms with Crippen molar-refractivity contribution in [2.45, 2.75) is 72.6 Å². The maximum absolute atomic E-state index is 13.4. The van der Waals surface area contributed by atoms with Crippen molar-refractivity contribution in [2.75, 3.05) is 35.2 Å². The summed E-state index contributed by atoms with van der Waals surface area (Å²) in [7, 11) is 0. The molecule has 1 heterocycles. The average Bonchev–Trinajstić information content (AvgIpc) is 2.96. The van der Waals surface area contributed by atoms with Crippen molar-refractivity contribution in [2.24, 2.45) is 11.8 Å². The van der Waals surface area contributed by atoms with Crippen molar-refractivity contribution in [1.29, 1.82) is 0 Å². The number of hydrogen-bond acceptors (Lipinski definition) is 3. The Labute approximate surface area is 252 Å². The zero-order valence-corrected chi connectivity index (χ0v) is 26.2. The summed E-state index contributed by atoms with van der Waals surface area (Å²) in [6.45, 7) is 15.1. The maximum atomic E-state index is 13.4. The number of rotatable bonds is 10. The third-order valence-electron chi connectivity index (χ3n) is 8.10. The molecule has 3 aromatic carbocycles. The Bertz CT molecular complexity index is 1320. The van der Waals surface area contributed by atoms with E-state index in [4.69, 9.17) is 0 Å². The van der Waals surface area contributed by atoms with Crippen LogP contribution in [0.25, 0.3) is 0 Å². The number of hydrogen-bond donors (Lipinski definition) is 3. The monoisotopic (exact) mass is 568 g/mol. The normalized spacial score (nSPS) is 14.0. The van der Waals surface area contributed by atoms with E-state index < -0.39 is 0 Å². The van der Waals surface area contributed by atoms with Crippen LogP contribution in [0.5, 0.6) is 0 Å².